The molecule has 0 spiro atoms. The first-order valence-corrected chi connectivity index (χ1v) is 46.7. The Morgan fingerprint density at radius 2 is 0.731 bits per heavy atom. The Bertz CT molecular complexity index is 5270. The molecule has 32 nitrogen and oxygen atoms in total. The van der Waals surface area contributed by atoms with Crippen LogP contribution in [0.3, 0.4) is 0 Å². The summed E-state index contributed by atoms with van der Waals surface area (Å²) in [7, 11) is 2.10. The lowest BCUT2D eigenvalue weighted by Gasteiger charge is -2.67. The second kappa shape index (κ2) is 38.9. The van der Waals surface area contributed by atoms with Crippen molar-refractivity contribution in [3.05, 3.63) is 238 Å². The van der Waals surface area contributed by atoms with Crippen LogP contribution >= 0.6 is 21.6 Å². The van der Waals surface area contributed by atoms with E-state index in [1.165, 1.54) is 104 Å². The molecule has 4 saturated carbocycles. The quantitative estimate of drug-likeness (QED) is 0.00836. The lowest BCUT2D eigenvalue weighted by molar-refractivity contribution is -0.346. The van der Waals surface area contributed by atoms with Gasteiger partial charge in [0.2, 0.25) is 12.2 Å². The molecule has 8 aliphatic rings. The first-order valence-electron chi connectivity index (χ1n) is 44.2. The molecule has 4 bridgehead atoms. The van der Waals surface area contributed by atoms with Gasteiger partial charge in [-0.3, -0.25) is 47.9 Å². The fourth-order valence-corrected chi connectivity index (χ4v) is 23.3. The Kier molecular flexibility index (Phi) is 28.5. The zero-order valence-corrected chi connectivity index (χ0v) is 77.5. The van der Waals surface area contributed by atoms with Gasteiger partial charge in [-0.15, -0.1) is 0 Å². The highest BCUT2D eigenvalue weighted by Gasteiger charge is 2.81. The number of fused-ring (bicyclic) bond motifs is 10. The van der Waals surface area contributed by atoms with Crippen molar-refractivity contribution >= 4 is 105 Å². The highest BCUT2D eigenvalue weighted by atomic mass is 33.1. The fourth-order valence-electron chi connectivity index (χ4n) is 21.3. The van der Waals surface area contributed by atoms with Crippen molar-refractivity contribution in [1.29, 1.82) is 0 Å². The number of hydrogen-bond acceptors (Lipinski definition) is 32. The SMILES string of the molecule is CC(=O)O[C@H]1C(=O)[C@@]2(C)[C@H]([C@H](OC(=O)c3ccccc3)[C@]3(O)CC(OC(=O)[C@H](OC(=O)CCSSCCC(=O)O[C@@H](C(=O)O[C@H]4C[C@@]5(O)[C@@H](OC(=O)c6ccccc6)[C@H]6[C@](C)(C(=O)[C@H](OC(C)=O)C(=C4C)C5(C)C)[C@@H](O)CC4OC[C@]46OC(C)=O)[C@@H](NC(=O)c4ccccc4)c4ccccc4)[C@@H](NC(=O)c4ccccc4)c4ccccc4)C(C)=C1C3(C)C)[C@]1(OC(C)=O)CO[C@@H]1C[C@@H]2O. The number of carbonyl (C=O) groups is 14. The van der Waals surface area contributed by atoms with Gasteiger partial charge >= 0.3 is 59.7 Å². The van der Waals surface area contributed by atoms with E-state index in [9.17, 15) is 68.4 Å². The van der Waals surface area contributed by atoms with Gasteiger partial charge in [-0.05, 0) is 110 Å². The standard InChI is InChI=1S/C100H108N2O30S2/c1-53-65(49-99(119)85(129-89(115)63-39-27-17-28-40-63)81-95(11,67(107)47-69-97(81,51-121-69)131-57(5)105)83(111)77(123-55(3)103)73(53)93(99,7)8)125-91(117)79(75(59-31-19-13-20-32-59)101-87(113)61-35-23-15-24-36-61)127-71(109)43-45-133-134-46-44-72(110)128-80(76(60-33-21-14-22-34-60)102-88(114)62-37-25-16-26-38-62)92(118)126-66-50-100(120)86(130-90(116)64-41-29-18-30-42-64)82-96(12,68(108)48-70-98(82,52-122-70)132-58(6)106)84(112)78(124-56(4)104)74(54(66)2)94(100,9)10/h13-42,65-70,75-82,85-86,107-108,119-120H,43-52H2,1-12H3,(H,101,113)(H,102,114)/t65-,66?,67-,68-,69?,70+,75-,76-,77+,78+,79+,80+,81-,82-,85-,86-,95+,96+,97-,98-,99+,100+/m0/s1. The molecule has 6 N–H and O–H groups in total. The lowest BCUT2D eigenvalue weighted by atomic mass is 9.44. The molecular formula is C100H108N2O30S2. The molecule has 2 aliphatic heterocycles. The van der Waals surface area contributed by atoms with Crippen molar-refractivity contribution in [2.75, 3.05) is 24.7 Å². The molecule has 2 amide bonds. The number of Topliss-reactive ketones (excluding diaryl/α,β-unsaturated/α-hetero) is 2. The molecule has 2 heterocycles. The van der Waals surface area contributed by atoms with Crippen molar-refractivity contribution in [2.24, 2.45) is 33.5 Å². The second-order valence-corrected chi connectivity index (χ2v) is 39.5. The summed E-state index contributed by atoms with van der Waals surface area (Å²) in [5.41, 5.74) is -16.9. The summed E-state index contributed by atoms with van der Waals surface area (Å²) in [6, 6.07) is 43.6. The van der Waals surface area contributed by atoms with Gasteiger partial charge in [0.1, 0.15) is 59.9 Å². The van der Waals surface area contributed by atoms with Crippen LogP contribution in [0.4, 0.5) is 0 Å². The van der Waals surface area contributed by atoms with E-state index in [0.29, 0.717) is 0 Å². The molecule has 22 atom stereocenters. The van der Waals surface area contributed by atoms with E-state index >= 15 is 19.2 Å². The third-order valence-electron chi connectivity index (χ3n) is 28.3. The molecule has 6 aromatic rings. The maximum Gasteiger partial charge on any atom is 0.350 e. The highest BCUT2D eigenvalue weighted by molar-refractivity contribution is 8.76. The average molecular weight is 1880 g/mol. The molecule has 2 unspecified atom stereocenters. The molecule has 710 valence electrons. The van der Waals surface area contributed by atoms with E-state index in [0.717, 1.165) is 49.3 Å². The number of amides is 2. The van der Waals surface area contributed by atoms with E-state index in [1.807, 2.05) is 0 Å². The predicted molar refractivity (Wildman–Crippen MR) is 477 cm³/mol. The molecule has 6 fully saturated rings. The van der Waals surface area contributed by atoms with Crippen LogP contribution in [0.1, 0.15) is 186 Å². The van der Waals surface area contributed by atoms with Crippen LogP contribution in [0, 0.1) is 33.5 Å². The molecule has 34 heteroatoms. The number of rotatable bonds is 29. The van der Waals surface area contributed by atoms with Gasteiger partial charge in [0, 0.05) is 86.8 Å². The van der Waals surface area contributed by atoms with E-state index in [1.54, 1.807) is 133 Å². The van der Waals surface area contributed by atoms with Crippen molar-refractivity contribution in [3.8, 4) is 0 Å². The fraction of sp³-hybridized carbons (Fsp3) is 0.460. The second-order valence-electron chi connectivity index (χ2n) is 36.8. The number of ketones is 2. The molecule has 134 heavy (non-hydrogen) atoms. The number of carbonyl (C=O) groups excluding carboxylic acids is 14. The van der Waals surface area contributed by atoms with Crippen LogP contribution in [-0.4, -0.2) is 224 Å². The minimum absolute atomic E-state index is 0.0262. The van der Waals surface area contributed by atoms with Gasteiger partial charge in [0.05, 0.1) is 72.1 Å². The number of ether oxygens (including phenoxy) is 12. The Labute approximate surface area is 780 Å². The molecule has 2 saturated heterocycles. The smallest absolute Gasteiger partial charge is 0.350 e. The van der Waals surface area contributed by atoms with Crippen molar-refractivity contribution in [2.45, 2.75) is 229 Å². The van der Waals surface area contributed by atoms with Crippen LogP contribution in [-0.2, 0) is 105 Å². The summed E-state index contributed by atoms with van der Waals surface area (Å²) < 4.78 is 75.2. The molecular weight excluding hydrogens is 1770 g/mol. The van der Waals surface area contributed by atoms with Gasteiger partial charge in [0.25, 0.3) is 11.8 Å². The average Bonchev–Trinajstić information content (AvgIpc) is 0.670. The predicted octanol–water partition coefficient (Wildman–Crippen LogP) is 9.75. The first kappa shape index (κ1) is 98.2. The zero-order valence-electron chi connectivity index (χ0n) is 75.8. The Morgan fingerprint density at radius 1 is 0.425 bits per heavy atom. The van der Waals surface area contributed by atoms with Gasteiger partial charge < -0.3 is 87.9 Å². The van der Waals surface area contributed by atoms with Gasteiger partial charge in [-0.25, -0.2) is 19.2 Å². The van der Waals surface area contributed by atoms with Crippen molar-refractivity contribution in [3.63, 3.8) is 0 Å². The molecule has 0 radical (unpaired) electrons. The minimum atomic E-state index is -2.61. The third-order valence-corrected chi connectivity index (χ3v) is 30.7. The van der Waals surface area contributed by atoms with Crippen LogP contribution in [0.25, 0.3) is 0 Å². The Morgan fingerprint density at radius 3 is 1.02 bits per heavy atom. The Balaban J connectivity index is 0.758. The summed E-state index contributed by atoms with van der Waals surface area (Å²) in [4.78, 5) is 207. The molecule has 0 aromatic heterocycles. The monoisotopic (exact) mass is 1880 g/mol. The normalized spacial score (nSPS) is 30.4. The number of esters is 10. The molecule has 6 aromatic carbocycles. The van der Waals surface area contributed by atoms with Crippen LogP contribution in [0.5, 0.6) is 0 Å². The van der Waals surface area contributed by atoms with E-state index in [4.69, 9.17) is 56.8 Å². The number of hydrogen-bond donors (Lipinski definition) is 6. The number of aliphatic hydroxyl groups is 4. The van der Waals surface area contributed by atoms with Crippen molar-refractivity contribution < 1.29 is 144 Å². The maximum atomic E-state index is 16.1. The maximum absolute atomic E-state index is 16.1. The number of benzene rings is 6. The zero-order chi connectivity index (χ0) is 96.7. The summed E-state index contributed by atoms with van der Waals surface area (Å²) in [5, 5.41) is 59.3. The Hall–Kier alpha value is -11.8. The summed E-state index contributed by atoms with van der Waals surface area (Å²) in [6.45, 7) is 15.0. The first-order chi connectivity index (χ1) is 63.5. The van der Waals surface area contributed by atoms with Crippen LogP contribution in [0.2, 0.25) is 0 Å². The number of aliphatic hydroxyl groups excluding tert-OH is 2. The topological polar surface area (TPSA) is 455 Å². The minimum Gasteiger partial charge on any atom is -0.455 e. The summed E-state index contributed by atoms with van der Waals surface area (Å²) in [6.07, 6.45) is -24.6. The summed E-state index contributed by atoms with van der Waals surface area (Å²) >= 11 is 0. The van der Waals surface area contributed by atoms with E-state index < -0.39 is 263 Å². The molecule has 6 aliphatic carbocycles. The van der Waals surface area contributed by atoms with Gasteiger partial charge in [-0.1, -0.05) is 183 Å². The van der Waals surface area contributed by atoms with E-state index in [-0.39, 0.29) is 80.0 Å². The van der Waals surface area contributed by atoms with Crippen LogP contribution in [0.15, 0.2) is 204 Å². The van der Waals surface area contributed by atoms with Crippen LogP contribution < -0.4 is 10.6 Å². The largest absolute Gasteiger partial charge is 0.455 e. The summed E-state index contributed by atoms with van der Waals surface area (Å²) in [5.74, 6) is -17.7. The van der Waals surface area contributed by atoms with Gasteiger partial charge in [0.15, 0.2) is 35.0 Å². The van der Waals surface area contributed by atoms with Crippen molar-refractivity contribution in [1.82, 2.24) is 10.6 Å². The number of nitrogens with one attached hydrogen (secondary N) is 2. The molecule has 14 rings (SSSR count). The third kappa shape index (κ3) is 18.1. The van der Waals surface area contributed by atoms with E-state index in [2.05, 4.69) is 10.6 Å². The lowest BCUT2D eigenvalue weighted by Crippen LogP contribution is -2.82. The highest BCUT2D eigenvalue weighted by Crippen LogP contribution is 2.67. The van der Waals surface area contributed by atoms with Gasteiger partial charge in [-0.2, -0.15) is 0 Å².